The molecular formula is C19H20ClNO3. The maximum absolute atomic E-state index is 12.6. The molecule has 1 heterocycles. The van der Waals surface area contributed by atoms with Crippen LogP contribution in [0.5, 0.6) is 0 Å². The highest BCUT2D eigenvalue weighted by molar-refractivity contribution is 6.30. The van der Waals surface area contributed by atoms with Crippen LogP contribution in [0.3, 0.4) is 0 Å². The van der Waals surface area contributed by atoms with Crippen LogP contribution in [0.1, 0.15) is 36.6 Å². The Morgan fingerprint density at radius 1 is 1.29 bits per heavy atom. The van der Waals surface area contributed by atoms with Crippen LogP contribution in [0.2, 0.25) is 5.02 Å². The molecule has 3 rings (SSSR count). The first-order valence-corrected chi connectivity index (χ1v) is 8.50. The van der Waals surface area contributed by atoms with Crippen LogP contribution >= 0.6 is 11.6 Å². The van der Waals surface area contributed by atoms with Gasteiger partial charge in [0, 0.05) is 23.3 Å². The molecule has 1 aromatic heterocycles. The van der Waals surface area contributed by atoms with Crippen LogP contribution in [0.4, 0.5) is 0 Å². The Balaban J connectivity index is 2.18. The van der Waals surface area contributed by atoms with Gasteiger partial charge in [0.05, 0.1) is 18.2 Å². The second kappa shape index (κ2) is 6.44. The molecule has 0 fully saturated rings. The van der Waals surface area contributed by atoms with E-state index in [1.165, 1.54) is 6.07 Å². The van der Waals surface area contributed by atoms with Gasteiger partial charge in [0.15, 0.2) is 5.43 Å². The number of esters is 1. The van der Waals surface area contributed by atoms with Crippen LogP contribution in [0.15, 0.2) is 29.1 Å². The van der Waals surface area contributed by atoms with Gasteiger partial charge in [0.25, 0.3) is 0 Å². The second-order valence-electron chi connectivity index (χ2n) is 6.10. The number of halogens is 1. The van der Waals surface area contributed by atoms with Crippen LogP contribution in [-0.2, 0) is 29.4 Å². The second-order valence-corrected chi connectivity index (χ2v) is 6.54. The van der Waals surface area contributed by atoms with Gasteiger partial charge in [-0.2, -0.15) is 0 Å². The van der Waals surface area contributed by atoms with Gasteiger partial charge in [-0.05, 0) is 62.1 Å². The van der Waals surface area contributed by atoms with Crippen molar-refractivity contribution < 1.29 is 9.53 Å². The third kappa shape index (κ3) is 2.75. The van der Waals surface area contributed by atoms with E-state index in [4.69, 9.17) is 16.3 Å². The first kappa shape index (κ1) is 16.8. The smallest absolute Gasteiger partial charge is 0.314 e. The summed E-state index contributed by atoms with van der Waals surface area (Å²) in [5.41, 5.74) is 4.44. The molecule has 4 nitrogen and oxygen atoms in total. The molecule has 0 radical (unpaired) electrons. The summed E-state index contributed by atoms with van der Waals surface area (Å²) < 4.78 is 7.09. The summed E-state index contributed by atoms with van der Waals surface area (Å²) in [4.78, 5) is 24.7. The van der Waals surface area contributed by atoms with Gasteiger partial charge in [-0.1, -0.05) is 11.6 Å². The van der Waals surface area contributed by atoms with Crippen molar-refractivity contribution in [3.63, 3.8) is 0 Å². The Hall–Kier alpha value is -2.07. The van der Waals surface area contributed by atoms with E-state index in [1.54, 1.807) is 13.0 Å². The van der Waals surface area contributed by atoms with Crippen molar-refractivity contribution in [3.05, 3.63) is 56.3 Å². The van der Waals surface area contributed by atoms with Gasteiger partial charge in [-0.25, -0.2) is 0 Å². The molecule has 2 aromatic rings. The average molecular weight is 346 g/mol. The molecule has 0 saturated heterocycles. The molecule has 24 heavy (non-hydrogen) atoms. The fourth-order valence-corrected chi connectivity index (χ4v) is 3.62. The molecule has 0 N–H and O–H groups in total. The molecule has 5 heteroatoms. The number of aromatic nitrogens is 1. The lowest BCUT2D eigenvalue weighted by molar-refractivity contribution is -0.144. The maximum Gasteiger partial charge on any atom is 0.314 e. The summed E-state index contributed by atoms with van der Waals surface area (Å²) in [5, 5.41) is 0.561. The quantitative estimate of drug-likeness (QED) is 0.800. The normalized spacial score (nSPS) is 13.8. The first-order valence-electron chi connectivity index (χ1n) is 8.12. The molecule has 0 amide bonds. The SMILES string of the molecule is CCOC(=O)C(C)c1cc2c(n1C)-c1c(cc(Cl)ccc1=O)CC2. The zero-order valence-corrected chi connectivity index (χ0v) is 14.8. The largest absolute Gasteiger partial charge is 0.465 e. The summed E-state index contributed by atoms with van der Waals surface area (Å²) in [6, 6.07) is 7.03. The minimum Gasteiger partial charge on any atom is -0.465 e. The van der Waals surface area contributed by atoms with Crippen LogP contribution in [0.25, 0.3) is 11.3 Å². The molecule has 1 aliphatic rings. The average Bonchev–Trinajstić information content (AvgIpc) is 2.81. The third-order valence-corrected chi connectivity index (χ3v) is 4.84. The van der Waals surface area contributed by atoms with Crippen LogP contribution in [-0.4, -0.2) is 17.1 Å². The fourth-order valence-electron chi connectivity index (χ4n) is 3.43. The van der Waals surface area contributed by atoms with Crippen LogP contribution < -0.4 is 5.43 Å². The molecule has 0 spiro atoms. The molecule has 1 aromatic carbocycles. The summed E-state index contributed by atoms with van der Waals surface area (Å²) in [6.07, 6.45) is 1.59. The van der Waals surface area contributed by atoms with Crippen LogP contribution in [0, 0.1) is 0 Å². The van der Waals surface area contributed by atoms with Gasteiger partial charge < -0.3 is 9.30 Å². The molecule has 1 aliphatic carbocycles. The van der Waals surface area contributed by atoms with Crippen molar-refractivity contribution in [1.82, 2.24) is 4.57 Å². The minimum atomic E-state index is -0.375. The molecule has 1 atom stereocenters. The number of carbonyl (C=O) groups excluding carboxylic acids is 1. The number of nitrogens with zero attached hydrogens (tertiary/aromatic N) is 1. The lowest BCUT2D eigenvalue weighted by Crippen LogP contribution is -2.17. The monoisotopic (exact) mass is 345 g/mol. The summed E-state index contributed by atoms with van der Waals surface area (Å²) in [7, 11) is 1.90. The Kier molecular flexibility index (Phi) is 4.50. The fraction of sp³-hybridized carbons (Fsp3) is 0.368. The molecule has 0 bridgehead atoms. The summed E-state index contributed by atoms with van der Waals surface area (Å²) >= 11 is 6.13. The van der Waals surface area contributed by atoms with E-state index in [0.29, 0.717) is 17.2 Å². The summed E-state index contributed by atoms with van der Waals surface area (Å²) in [6.45, 7) is 3.99. The maximum atomic E-state index is 12.6. The van der Waals surface area contributed by atoms with Crippen molar-refractivity contribution in [2.75, 3.05) is 6.61 Å². The first-order chi connectivity index (χ1) is 11.4. The highest BCUT2D eigenvalue weighted by Crippen LogP contribution is 2.35. The standard InChI is InChI=1S/C19H20ClNO3/c1-4-24-19(23)11(2)15-10-13-6-5-12-9-14(20)7-8-16(22)17(12)18(13)21(15)3/h7-11H,4-6H2,1-3H3. The van der Waals surface area contributed by atoms with Crippen molar-refractivity contribution in [2.45, 2.75) is 32.6 Å². The topological polar surface area (TPSA) is 48.3 Å². The van der Waals surface area contributed by atoms with Crippen molar-refractivity contribution >= 4 is 17.6 Å². The van der Waals surface area contributed by atoms with E-state index in [0.717, 1.165) is 35.4 Å². The zero-order chi connectivity index (χ0) is 17.4. The number of rotatable bonds is 3. The highest BCUT2D eigenvalue weighted by Gasteiger charge is 2.27. The zero-order valence-electron chi connectivity index (χ0n) is 14.1. The Labute approximate surface area is 146 Å². The van der Waals surface area contributed by atoms with Gasteiger partial charge in [-0.3, -0.25) is 9.59 Å². The number of aryl methyl sites for hydroxylation is 2. The number of hydrogen-bond donors (Lipinski definition) is 0. The highest BCUT2D eigenvalue weighted by atomic mass is 35.5. The van der Waals surface area contributed by atoms with Gasteiger partial charge in [-0.15, -0.1) is 0 Å². The van der Waals surface area contributed by atoms with Gasteiger partial charge in [0.2, 0.25) is 0 Å². The Morgan fingerprint density at radius 2 is 2.00 bits per heavy atom. The van der Waals surface area contributed by atoms with E-state index < -0.39 is 0 Å². The number of fused-ring (bicyclic) bond motifs is 3. The van der Waals surface area contributed by atoms with E-state index in [9.17, 15) is 9.59 Å². The van der Waals surface area contributed by atoms with E-state index in [1.807, 2.05) is 30.7 Å². The number of carbonyl (C=O) groups is 1. The molecular weight excluding hydrogens is 326 g/mol. The minimum absolute atomic E-state index is 0.0469. The van der Waals surface area contributed by atoms with Gasteiger partial charge >= 0.3 is 5.97 Å². The van der Waals surface area contributed by atoms with E-state index in [2.05, 4.69) is 0 Å². The number of ether oxygens (including phenoxy) is 1. The lowest BCUT2D eigenvalue weighted by atomic mass is 9.91. The molecule has 0 aliphatic heterocycles. The van der Waals surface area contributed by atoms with Crippen molar-refractivity contribution in [3.8, 4) is 11.3 Å². The van der Waals surface area contributed by atoms with Gasteiger partial charge in [0.1, 0.15) is 0 Å². The lowest BCUT2D eigenvalue weighted by Gasteiger charge is -2.17. The third-order valence-electron chi connectivity index (χ3n) is 4.61. The Bertz CT molecular complexity index is 870. The summed E-state index contributed by atoms with van der Waals surface area (Å²) in [5.74, 6) is -0.625. The van der Waals surface area contributed by atoms with E-state index >= 15 is 0 Å². The van der Waals surface area contributed by atoms with Crippen molar-refractivity contribution in [2.24, 2.45) is 7.05 Å². The Morgan fingerprint density at radius 3 is 2.71 bits per heavy atom. The molecule has 0 saturated carbocycles. The van der Waals surface area contributed by atoms with Crippen molar-refractivity contribution in [1.29, 1.82) is 0 Å². The predicted octanol–water partition coefficient (Wildman–Crippen LogP) is 3.47. The molecule has 1 unspecified atom stereocenters. The van der Waals surface area contributed by atoms with E-state index in [-0.39, 0.29) is 17.3 Å². The number of hydrogen-bond acceptors (Lipinski definition) is 3. The molecule has 126 valence electrons. The predicted molar refractivity (Wildman–Crippen MR) is 94.6 cm³/mol.